The molecular formula is C18H28N2O3S. The third-order valence-electron chi connectivity index (χ3n) is 4.71. The highest BCUT2D eigenvalue weighted by molar-refractivity contribution is 7.16. The van der Waals surface area contributed by atoms with Gasteiger partial charge in [-0.25, -0.2) is 4.79 Å². The molecule has 1 saturated carbocycles. The van der Waals surface area contributed by atoms with Gasteiger partial charge in [0.05, 0.1) is 18.7 Å². The van der Waals surface area contributed by atoms with Gasteiger partial charge in [-0.2, -0.15) is 0 Å². The first kappa shape index (κ1) is 18.9. The number of aryl methyl sites for hydroxylation is 1. The van der Waals surface area contributed by atoms with E-state index in [0.717, 1.165) is 23.3 Å². The van der Waals surface area contributed by atoms with Crippen molar-refractivity contribution in [3.63, 3.8) is 0 Å². The van der Waals surface area contributed by atoms with Gasteiger partial charge in [-0.1, -0.05) is 19.3 Å². The fourth-order valence-electron chi connectivity index (χ4n) is 3.21. The number of anilines is 1. The lowest BCUT2D eigenvalue weighted by molar-refractivity contribution is -0.117. The van der Waals surface area contributed by atoms with Crippen LogP contribution in [-0.2, 0) is 9.53 Å². The smallest absolute Gasteiger partial charge is 0.341 e. The zero-order chi connectivity index (χ0) is 17.7. The Labute approximate surface area is 148 Å². The van der Waals surface area contributed by atoms with Crippen LogP contribution in [-0.4, -0.2) is 43.0 Å². The van der Waals surface area contributed by atoms with Crippen molar-refractivity contribution in [2.24, 2.45) is 0 Å². The number of nitrogens with one attached hydrogen (secondary N) is 1. The summed E-state index contributed by atoms with van der Waals surface area (Å²) in [6, 6.07) is 0.487. The van der Waals surface area contributed by atoms with E-state index in [9.17, 15) is 9.59 Å². The number of ether oxygens (including phenoxy) is 1. The molecule has 0 saturated heterocycles. The molecule has 0 radical (unpaired) electrons. The average molecular weight is 353 g/mol. The molecule has 24 heavy (non-hydrogen) atoms. The lowest BCUT2D eigenvalue weighted by Gasteiger charge is -2.30. The van der Waals surface area contributed by atoms with Crippen molar-refractivity contribution in [1.29, 1.82) is 0 Å². The predicted molar refractivity (Wildman–Crippen MR) is 97.9 cm³/mol. The molecule has 0 aromatic carbocycles. The average Bonchev–Trinajstić information content (AvgIpc) is 2.82. The maximum absolute atomic E-state index is 12.4. The molecule has 2 rings (SSSR count). The maximum atomic E-state index is 12.4. The summed E-state index contributed by atoms with van der Waals surface area (Å²) in [6.07, 6.45) is 6.11. The van der Waals surface area contributed by atoms with Crippen molar-refractivity contribution in [2.45, 2.75) is 58.9 Å². The molecule has 134 valence electrons. The summed E-state index contributed by atoms with van der Waals surface area (Å²) >= 11 is 1.43. The zero-order valence-corrected chi connectivity index (χ0v) is 15.9. The number of likely N-dealkylation sites (N-methyl/N-ethyl adjacent to an activating group) is 1. The van der Waals surface area contributed by atoms with E-state index < -0.39 is 0 Å². The molecule has 1 aliphatic carbocycles. The fraction of sp³-hybridized carbons (Fsp3) is 0.667. The van der Waals surface area contributed by atoms with Crippen molar-refractivity contribution < 1.29 is 14.3 Å². The van der Waals surface area contributed by atoms with Gasteiger partial charge in [0.1, 0.15) is 5.00 Å². The van der Waals surface area contributed by atoms with E-state index >= 15 is 0 Å². The minimum Gasteiger partial charge on any atom is -0.462 e. The molecule has 1 fully saturated rings. The lowest BCUT2D eigenvalue weighted by Crippen LogP contribution is -2.39. The summed E-state index contributed by atoms with van der Waals surface area (Å²) < 4.78 is 5.13. The summed E-state index contributed by atoms with van der Waals surface area (Å²) in [4.78, 5) is 27.7. The van der Waals surface area contributed by atoms with Gasteiger partial charge in [-0.3, -0.25) is 9.69 Å². The first-order valence-corrected chi connectivity index (χ1v) is 9.52. The van der Waals surface area contributed by atoms with Crippen molar-refractivity contribution >= 4 is 28.2 Å². The second kappa shape index (κ2) is 8.62. The van der Waals surface area contributed by atoms with E-state index in [1.807, 2.05) is 20.9 Å². The van der Waals surface area contributed by atoms with Crippen LogP contribution in [0.5, 0.6) is 0 Å². The highest BCUT2D eigenvalue weighted by Crippen LogP contribution is 2.33. The second-order valence-corrected chi connectivity index (χ2v) is 7.69. The van der Waals surface area contributed by atoms with Crippen molar-refractivity contribution in [1.82, 2.24) is 4.90 Å². The molecule has 0 atom stereocenters. The van der Waals surface area contributed by atoms with Crippen LogP contribution in [0.2, 0.25) is 0 Å². The Morgan fingerprint density at radius 3 is 2.54 bits per heavy atom. The number of rotatable bonds is 6. The topological polar surface area (TPSA) is 58.6 Å². The van der Waals surface area contributed by atoms with Crippen LogP contribution >= 0.6 is 11.3 Å². The largest absolute Gasteiger partial charge is 0.462 e. The zero-order valence-electron chi connectivity index (χ0n) is 15.1. The van der Waals surface area contributed by atoms with E-state index in [0.29, 0.717) is 29.8 Å². The summed E-state index contributed by atoms with van der Waals surface area (Å²) in [5.41, 5.74) is 1.38. The Balaban J connectivity index is 2.03. The Hall–Kier alpha value is -1.40. The summed E-state index contributed by atoms with van der Waals surface area (Å²) in [5.74, 6) is -0.440. The van der Waals surface area contributed by atoms with Crippen LogP contribution in [0, 0.1) is 13.8 Å². The number of carbonyl (C=O) groups is 2. The number of esters is 1. The van der Waals surface area contributed by atoms with E-state index in [1.165, 1.54) is 30.6 Å². The fourth-order valence-corrected chi connectivity index (χ4v) is 4.27. The van der Waals surface area contributed by atoms with Gasteiger partial charge in [0, 0.05) is 10.9 Å². The molecule has 0 spiro atoms. The van der Waals surface area contributed by atoms with E-state index in [-0.39, 0.29) is 11.9 Å². The van der Waals surface area contributed by atoms with Crippen LogP contribution in [0.4, 0.5) is 5.00 Å². The maximum Gasteiger partial charge on any atom is 0.341 e. The van der Waals surface area contributed by atoms with Crippen LogP contribution in [0.1, 0.15) is 59.8 Å². The molecule has 1 aromatic rings. The summed E-state index contributed by atoms with van der Waals surface area (Å²) in [6.45, 7) is 6.30. The molecule has 1 aromatic heterocycles. The molecule has 0 aliphatic heterocycles. The number of amides is 1. The molecule has 1 heterocycles. The minimum absolute atomic E-state index is 0.0742. The second-order valence-electron chi connectivity index (χ2n) is 6.46. The predicted octanol–water partition coefficient (Wildman–Crippen LogP) is 3.74. The molecule has 1 aliphatic rings. The van der Waals surface area contributed by atoms with Crippen LogP contribution in [0.15, 0.2) is 0 Å². The van der Waals surface area contributed by atoms with Crippen LogP contribution < -0.4 is 5.32 Å². The molecule has 0 bridgehead atoms. The van der Waals surface area contributed by atoms with Gasteiger partial charge >= 0.3 is 5.97 Å². The Bertz CT molecular complexity index is 591. The lowest BCUT2D eigenvalue weighted by atomic mass is 9.94. The number of nitrogens with zero attached hydrogens (tertiary/aromatic N) is 1. The van der Waals surface area contributed by atoms with Crippen molar-refractivity contribution in [2.75, 3.05) is 25.5 Å². The van der Waals surface area contributed by atoms with Gasteiger partial charge in [0.15, 0.2) is 0 Å². The van der Waals surface area contributed by atoms with Gasteiger partial charge in [-0.05, 0) is 46.2 Å². The minimum atomic E-state index is -0.365. The quantitative estimate of drug-likeness (QED) is 0.792. The summed E-state index contributed by atoms with van der Waals surface area (Å²) in [7, 11) is 2.01. The first-order chi connectivity index (χ1) is 11.4. The van der Waals surface area contributed by atoms with Gasteiger partial charge in [-0.15, -0.1) is 11.3 Å². The number of hydrogen-bond donors (Lipinski definition) is 1. The molecule has 6 heteroatoms. The normalized spacial score (nSPS) is 15.5. The number of carbonyl (C=O) groups excluding carboxylic acids is 2. The molecule has 1 N–H and O–H groups in total. The SMILES string of the molecule is CCOC(=O)c1c(NC(=O)CN(C)C2CCCCC2)sc(C)c1C. The Morgan fingerprint density at radius 1 is 1.25 bits per heavy atom. The standard InChI is InChI=1S/C18H28N2O3S/c1-5-23-18(22)16-12(2)13(3)24-17(16)19-15(21)11-20(4)14-9-7-6-8-10-14/h14H,5-11H2,1-4H3,(H,19,21). The van der Waals surface area contributed by atoms with E-state index in [4.69, 9.17) is 4.74 Å². The van der Waals surface area contributed by atoms with E-state index in [2.05, 4.69) is 10.2 Å². The van der Waals surface area contributed by atoms with Crippen molar-refractivity contribution in [3.8, 4) is 0 Å². The van der Waals surface area contributed by atoms with Crippen LogP contribution in [0.3, 0.4) is 0 Å². The van der Waals surface area contributed by atoms with Crippen LogP contribution in [0.25, 0.3) is 0 Å². The van der Waals surface area contributed by atoms with E-state index in [1.54, 1.807) is 6.92 Å². The monoisotopic (exact) mass is 352 g/mol. The highest BCUT2D eigenvalue weighted by Gasteiger charge is 2.24. The first-order valence-electron chi connectivity index (χ1n) is 8.71. The van der Waals surface area contributed by atoms with Gasteiger partial charge in [0.25, 0.3) is 0 Å². The molecule has 5 nitrogen and oxygen atoms in total. The van der Waals surface area contributed by atoms with Gasteiger partial charge < -0.3 is 10.1 Å². The summed E-state index contributed by atoms with van der Waals surface area (Å²) in [5, 5.41) is 3.52. The highest BCUT2D eigenvalue weighted by atomic mass is 32.1. The third-order valence-corrected chi connectivity index (χ3v) is 5.83. The molecule has 1 amide bonds. The van der Waals surface area contributed by atoms with Gasteiger partial charge in [0.2, 0.25) is 5.91 Å². The Morgan fingerprint density at radius 2 is 1.92 bits per heavy atom. The number of thiophene rings is 1. The number of hydrogen-bond acceptors (Lipinski definition) is 5. The van der Waals surface area contributed by atoms with Crippen molar-refractivity contribution in [3.05, 3.63) is 16.0 Å². The third kappa shape index (κ3) is 4.57. The molecular weight excluding hydrogens is 324 g/mol. The molecule has 0 unspecified atom stereocenters. The Kier molecular flexibility index (Phi) is 6.80.